The molecule has 108 valence electrons. The Hall–Kier alpha value is -1.76. The lowest BCUT2D eigenvalue weighted by Gasteiger charge is -2.00. The van der Waals surface area contributed by atoms with Crippen LogP contribution in [0, 0.1) is 13.8 Å². The number of hydrogen-bond acceptors (Lipinski definition) is 6. The van der Waals surface area contributed by atoms with Crippen molar-refractivity contribution in [2.75, 3.05) is 5.32 Å². The smallest absolute Gasteiger partial charge is 0.230 e. The first-order valence-electron chi connectivity index (χ1n) is 6.64. The third-order valence-electron chi connectivity index (χ3n) is 2.98. The first-order valence-corrected chi connectivity index (χ1v) is 7.45. The molecule has 0 bridgehead atoms. The highest BCUT2D eigenvalue weighted by atomic mass is 32.1. The predicted molar refractivity (Wildman–Crippen MR) is 76.8 cm³/mol. The lowest BCUT2D eigenvalue weighted by atomic mass is 10.1. The first kappa shape index (κ1) is 14.6. The van der Waals surface area contributed by atoms with Crippen LogP contribution >= 0.6 is 11.3 Å². The molecule has 0 radical (unpaired) electrons. The largest absolute Gasteiger partial charge is 0.361 e. The van der Waals surface area contributed by atoms with Crippen LogP contribution in [0.3, 0.4) is 0 Å². The zero-order valence-electron chi connectivity index (χ0n) is 11.9. The second kappa shape index (κ2) is 6.60. The number of carbonyl (C=O) groups excluding carboxylic acids is 1. The summed E-state index contributed by atoms with van der Waals surface area (Å²) in [5.74, 6) is 0.552. The van der Waals surface area contributed by atoms with Crippen molar-refractivity contribution >= 4 is 22.4 Å². The molecule has 2 rings (SSSR count). The Morgan fingerprint density at radius 2 is 2.15 bits per heavy atom. The Kier molecular flexibility index (Phi) is 4.84. The molecule has 0 fully saturated rings. The van der Waals surface area contributed by atoms with Gasteiger partial charge in [0, 0.05) is 12.0 Å². The average Bonchev–Trinajstić information content (AvgIpc) is 2.98. The van der Waals surface area contributed by atoms with Crippen LogP contribution in [0.5, 0.6) is 0 Å². The van der Waals surface area contributed by atoms with Gasteiger partial charge in [0.2, 0.25) is 11.0 Å². The molecule has 0 aliphatic heterocycles. The number of hydrogen-bond donors (Lipinski definition) is 1. The highest BCUT2D eigenvalue weighted by Crippen LogP contribution is 2.18. The number of nitrogens with zero attached hydrogens (tertiary/aromatic N) is 3. The molecule has 1 amide bonds. The van der Waals surface area contributed by atoms with Gasteiger partial charge < -0.3 is 9.84 Å². The van der Waals surface area contributed by atoms with Crippen LogP contribution in [-0.2, 0) is 17.6 Å². The van der Waals surface area contributed by atoms with Crippen molar-refractivity contribution < 1.29 is 9.32 Å². The van der Waals surface area contributed by atoms with Gasteiger partial charge in [-0.15, -0.1) is 10.2 Å². The zero-order chi connectivity index (χ0) is 14.5. The fourth-order valence-electron chi connectivity index (χ4n) is 1.81. The van der Waals surface area contributed by atoms with Gasteiger partial charge in [-0.25, -0.2) is 0 Å². The molecule has 20 heavy (non-hydrogen) atoms. The lowest BCUT2D eigenvalue weighted by Crippen LogP contribution is -2.15. The number of unbranched alkanes of at least 4 members (excludes halogenated alkanes) is 1. The highest BCUT2D eigenvalue weighted by molar-refractivity contribution is 7.15. The van der Waals surface area contributed by atoms with Crippen LogP contribution in [0.15, 0.2) is 4.52 Å². The minimum Gasteiger partial charge on any atom is -0.361 e. The van der Waals surface area contributed by atoms with Gasteiger partial charge in [0.05, 0.1) is 12.1 Å². The second-order valence-electron chi connectivity index (χ2n) is 4.63. The number of rotatable bonds is 6. The van der Waals surface area contributed by atoms with Crippen molar-refractivity contribution in [3.63, 3.8) is 0 Å². The second-order valence-corrected chi connectivity index (χ2v) is 5.69. The fraction of sp³-hybridized carbons (Fsp3) is 0.538. The average molecular weight is 294 g/mol. The normalized spacial score (nSPS) is 10.8. The van der Waals surface area contributed by atoms with Crippen LogP contribution < -0.4 is 5.32 Å². The van der Waals surface area contributed by atoms with Crippen molar-refractivity contribution in [3.05, 3.63) is 22.0 Å². The Labute approximate surface area is 121 Å². The number of anilines is 1. The van der Waals surface area contributed by atoms with Crippen molar-refractivity contribution in [3.8, 4) is 0 Å². The third-order valence-corrected chi connectivity index (χ3v) is 3.87. The molecule has 2 aromatic rings. The van der Waals surface area contributed by atoms with E-state index < -0.39 is 0 Å². The summed E-state index contributed by atoms with van der Waals surface area (Å²) in [6.45, 7) is 5.76. The summed E-state index contributed by atoms with van der Waals surface area (Å²) < 4.78 is 5.04. The monoisotopic (exact) mass is 294 g/mol. The number of nitrogens with one attached hydrogen (secondary N) is 1. The fourth-order valence-corrected chi connectivity index (χ4v) is 2.61. The summed E-state index contributed by atoms with van der Waals surface area (Å²) >= 11 is 1.43. The molecule has 0 saturated heterocycles. The van der Waals surface area contributed by atoms with Crippen LogP contribution in [-0.4, -0.2) is 21.3 Å². The van der Waals surface area contributed by atoms with Crippen molar-refractivity contribution in [1.82, 2.24) is 15.4 Å². The van der Waals surface area contributed by atoms with E-state index in [4.69, 9.17) is 4.52 Å². The van der Waals surface area contributed by atoms with E-state index in [2.05, 4.69) is 27.6 Å². The summed E-state index contributed by atoms with van der Waals surface area (Å²) in [7, 11) is 0. The van der Waals surface area contributed by atoms with Crippen LogP contribution in [0.4, 0.5) is 5.13 Å². The number of carbonyl (C=O) groups is 1. The van der Waals surface area contributed by atoms with Gasteiger partial charge >= 0.3 is 0 Å². The predicted octanol–water partition coefficient (Wildman–Crippen LogP) is 2.67. The van der Waals surface area contributed by atoms with E-state index >= 15 is 0 Å². The summed E-state index contributed by atoms with van der Waals surface area (Å²) in [5, 5.41) is 16.2. The minimum absolute atomic E-state index is 0.127. The maximum Gasteiger partial charge on any atom is 0.230 e. The standard InChI is InChI=1S/C13H18N4O2S/c1-4-5-6-12-15-16-13(20-12)14-11(18)7-10-8(2)17-19-9(10)3/h4-7H2,1-3H3,(H,14,16,18). The first-order chi connectivity index (χ1) is 9.60. The molecule has 0 spiro atoms. The highest BCUT2D eigenvalue weighted by Gasteiger charge is 2.15. The molecule has 0 saturated carbocycles. The maximum absolute atomic E-state index is 12.0. The van der Waals surface area contributed by atoms with Gasteiger partial charge in [-0.05, 0) is 20.3 Å². The van der Waals surface area contributed by atoms with Crippen LogP contribution in [0.1, 0.15) is 41.8 Å². The van der Waals surface area contributed by atoms with Crippen molar-refractivity contribution in [1.29, 1.82) is 0 Å². The molecule has 0 aromatic carbocycles. The zero-order valence-corrected chi connectivity index (χ0v) is 12.7. The molecule has 0 unspecified atom stereocenters. The molecule has 2 aromatic heterocycles. The van der Waals surface area contributed by atoms with E-state index in [1.165, 1.54) is 11.3 Å². The maximum atomic E-state index is 12.0. The SMILES string of the molecule is CCCCc1nnc(NC(=O)Cc2c(C)noc2C)s1. The summed E-state index contributed by atoms with van der Waals surface area (Å²) in [5.41, 5.74) is 1.58. The van der Waals surface area contributed by atoms with Gasteiger partial charge in [0.15, 0.2) is 0 Å². The Morgan fingerprint density at radius 1 is 1.35 bits per heavy atom. The Balaban J connectivity index is 1.93. The topological polar surface area (TPSA) is 80.9 Å². The van der Waals surface area contributed by atoms with E-state index in [0.29, 0.717) is 10.9 Å². The molecule has 1 N–H and O–H groups in total. The third kappa shape index (κ3) is 3.63. The summed E-state index contributed by atoms with van der Waals surface area (Å²) in [4.78, 5) is 12.0. The molecule has 6 nitrogen and oxygen atoms in total. The Morgan fingerprint density at radius 3 is 2.80 bits per heavy atom. The molecule has 0 atom stereocenters. The van der Waals surface area contributed by atoms with Crippen molar-refractivity contribution in [2.24, 2.45) is 0 Å². The van der Waals surface area contributed by atoms with E-state index in [9.17, 15) is 4.79 Å². The van der Waals surface area contributed by atoms with E-state index in [-0.39, 0.29) is 12.3 Å². The van der Waals surface area contributed by atoms with E-state index in [1.807, 2.05) is 6.92 Å². The number of aryl methyl sites for hydroxylation is 3. The summed E-state index contributed by atoms with van der Waals surface area (Å²) in [6, 6.07) is 0. The van der Waals surface area contributed by atoms with Crippen LogP contribution in [0.25, 0.3) is 0 Å². The molecule has 0 aliphatic carbocycles. The number of aromatic nitrogens is 3. The molecule has 7 heteroatoms. The molecular weight excluding hydrogens is 276 g/mol. The number of amides is 1. The Bertz CT molecular complexity index is 571. The van der Waals surface area contributed by atoms with E-state index in [0.717, 1.165) is 35.5 Å². The van der Waals surface area contributed by atoms with Gasteiger partial charge in [0.25, 0.3) is 0 Å². The van der Waals surface area contributed by atoms with Gasteiger partial charge in [-0.3, -0.25) is 4.79 Å². The van der Waals surface area contributed by atoms with Gasteiger partial charge in [-0.2, -0.15) is 0 Å². The molecular formula is C13H18N4O2S. The van der Waals surface area contributed by atoms with Crippen molar-refractivity contribution in [2.45, 2.75) is 46.5 Å². The molecule has 2 heterocycles. The van der Waals surface area contributed by atoms with E-state index in [1.54, 1.807) is 6.92 Å². The minimum atomic E-state index is -0.127. The van der Waals surface area contributed by atoms with Gasteiger partial charge in [-0.1, -0.05) is 29.8 Å². The van der Waals surface area contributed by atoms with Gasteiger partial charge in [0.1, 0.15) is 10.8 Å². The molecule has 0 aliphatic rings. The quantitative estimate of drug-likeness (QED) is 0.885. The summed E-state index contributed by atoms with van der Waals surface area (Å²) in [6.07, 6.45) is 3.36. The van der Waals surface area contributed by atoms with Crippen LogP contribution in [0.2, 0.25) is 0 Å². The lowest BCUT2D eigenvalue weighted by molar-refractivity contribution is -0.115.